The summed E-state index contributed by atoms with van der Waals surface area (Å²) in [7, 11) is 2.96. The van der Waals surface area contributed by atoms with Gasteiger partial charge in [0.2, 0.25) is 5.91 Å². The van der Waals surface area contributed by atoms with Crippen LogP contribution in [0.1, 0.15) is 11.3 Å². The average molecular weight is 390 g/mol. The van der Waals surface area contributed by atoms with Crippen LogP contribution in [-0.4, -0.2) is 25.1 Å². The van der Waals surface area contributed by atoms with Gasteiger partial charge in [0.15, 0.2) is 0 Å². The third kappa shape index (κ3) is 4.23. The molecule has 1 N–H and O–H groups in total. The second-order valence-electron chi connectivity index (χ2n) is 4.93. The number of benzene rings is 1. The Morgan fingerprint density at radius 2 is 1.75 bits per heavy atom. The van der Waals surface area contributed by atoms with E-state index in [9.17, 15) is 4.79 Å². The lowest BCUT2D eigenvalue weighted by Crippen LogP contribution is -2.16. The number of nitrogens with one attached hydrogen (secondary N) is 1. The fourth-order valence-corrected chi connectivity index (χ4v) is 2.99. The zero-order chi connectivity index (χ0) is 17.9. The number of hydrogen-bond acceptors (Lipinski definition) is 4. The van der Waals surface area contributed by atoms with Gasteiger partial charge in [-0.3, -0.25) is 4.79 Å². The number of pyridine rings is 1. The number of carbonyl (C=O) groups excluding carboxylic acids is 1. The topological polar surface area (TPSA) is 60.5 Å². The molecule has 2 rings (SSSR count). The summed E-state index contributed by atoms with van der Waals surface area (Å²) in [5, 5.41) is 3.71. The molecular formula is C16H15Cl3N2O3. The molecule has 2 aromatic rings. The summed E-state index contributed by atoms with van der Waals surface area (Å²) >= 11 is 18.3. The first kappa shape index (κ1) is 18.6. The van der Waals surface area contributed by atoms with E-state index in [2.05, 4.69) is 10.3 Å². The van der Waals surface area contributed by atoms with Gasteiger partial charge in [0.25, 0.3) is 0 Å². The molecule has 0 unspecified atom stereocenters. The predicted octanol–water partition coefficient (Wildman–Crippen LogP) is 4.55. The van der Waals surface area contributed by atoms with Crippen LogP contribution < -0.4 is 14.8 Å². The van der Waals surface area contributed by atoms with Crippen molar-refractivity contribution >= 4 is 46.4 Å². The van der Waals surface area contributed by atoms with Gasteiger partial charge in [-0.1, -0.05) is 34.8 Å². The minimum absolute atomic E-state index is 0.0287. The van der Waals surface area contributed by atoms with E-state index >= 15 is 0 Å². The largest absolute Gasteiger partial charge is 0.495 e. The fourth-order valence-electron chi connectivity index (χ4n) is 2.09. The first-order valence-electron chi connectivity index (χ1n) is 6.88. The number of methoxy groups -OCH3 is 2. The Kier molecular flexibility index (Phi) is 6.15. The van der Waals surface area contributed by atoms with E-state index in [1.807, 2.05) is 0 Å². The third-order valence-corrected chi connectivity index (χ3v) is 4.18. The first-order chi connectivity index (χ1) is 11.3. The standard InChI is InChI=1S/C16H15Cl3N2O3/c1-8-4-10(17)9(16(19)20-8)5-15(22)21-12-7-13(23-2)11(18)6-14(12)24-3/h4,6-7H,5H2,1-3H3,(H,21,22). The molecule has 0 aliphatic heterocycles. The van der Waals surface area contributed by atoms with E-state index in [0.717, 1.165) is 0 Å². The van der Waals surface area contributed by atoms with Gasteiger partial charge in [0, 0.05) is 28.4 Å². The highest BCUT2D eigenvalue weighted by Crippen LogP contribution is 2.36. The van der Waals surface area contributed by atoms with Gasteiger partial charge in [-0.2, -0.15) is 0 Å². The van der Waals surface area contributed by atoms with Crippen LogP contribution in [0.3, 0.4) is 0 Å². The Morgan fingerprint density at radius 1 is 1.08 bits per heavy atom. The quantitative estimate of drug-likeness (QED) is 0.762. The molecule has 0 fully saturated rings. The van der Waals surface area contributed by atoms with Gasteiger partial charge in [-0.25, -0.2) is 4.98 Å². The van der Waals surface area contributed by atoms with Gasteiger partial charge < -0.3 is 14.8 Å². The predicted molar refractivity (Wildman–Crippen MR) is 95.9 cm³/mol. The number of anilines is 1. The van der Waals surface area contributed by atoms with Crippen molar-refractivity contribution in [2.45, 2.75) is 13.3 Å². The maximum atomic E-state index is 12.3. The third-order valence-electron chi connectivity index (χ3n) is 3.23. The average Bonchev–Trinajstić information content (AvgIpc) is 2.52. The van der Waals surface area contributed by atoms with Gasteiger partial charge in [-0.05, 0) is 13.0 Å². The minimum Gasteiger partial charge on any atom is -0.495 e. The number of hydrogen-bond donors (Lipinski definition) is 1. The van der Waals surface area contributed by atoms with Crippen molar-refractivity contribution in [3.05, 3.63) is 44.7 Å². The summed E-state index contributed by atoms with van der Waals surface area (Å²) in [5.41, 5.74) is 1.57. The molecule has 1 aromatic heterocycles. The molecule has 0 atom stereocenters. The molecule has 0 aliphatic carbocycles. The minimum atomic E-state index is -0.327. The van der Waals surface area contributed by atoms with Crippen molar-refractivity contribution in [3.8, 4) is 11.5 Å². The number of nitrogens with zero attached hydrogens (tertiary/aromatic N) is 1. The summed E-state index contributed by atoms with van der Waals surface area (Å²) in [6, 6.07) is 4.79. The molecule has 5 nitrogen and oxygen atoms in total. The first-order valence-corrected chi connectivity index (χ1v) is 8.02. The lowest BCUT2D eigenvalue weighted by Gasteiger charge is -2.14. The van der Waals surface area contributed by atoms with Crippen LogP contribution in [0.4, 0.5) is 5.69 Å². The van der Waals surface area contributed by atoms with Crippen LogP contribution in [0.25, 0.3) is 0 Å². The van der Waals surface area contributed by atoms with E-state index in [4.69, 9.17) is 44.3 Å². The summed E-state index contributed by atoms with van der Waals surface area (Å²) in [6.45, 7) is 1.77. The summed E-state index contributed by atoms with van der Waals surface area (Å²) in [5.74, 6) is 0.501. The maximum Gasteiger partial charge on any atom is 0.229 e. The number of rotatable bonds is 5. The number of aryl methyl sites for hydroxylation is 1. The molecule has 8 heteroatoms. The van der Waals surface area contributed by atoms with Crippen LogP contribution >= 0.6 is 34.8 Å². The van der Waals surface area contributed by atoms with Crippen molar-refractivity contribution in [2.24, 2.45) is 0 Å². The Morgan fingerprint density at radius 3 is 2.33 bits per heavy atom. The number of amides is 1. The van der Waals surface area contributed by atoms with E-state index in [1.54, 1.807) is 25.1 Å². The van der Waals surface area contributed by atoms with E-state index in [1.165, 1.54) is 14.2 Å². The molecule has 1 aromatic carbocycles. The normalized spacial score (nSPS) is 10.4. The molecule has 0 bridgehead atoms. The summed E-state index contributed by atoms with van der Waals surface area (Å²) < 4.78 is 10.4. The maximum absolute atomic E-state index is 12.3. The fraction of sp³-hybridized carbons (Fsp3) is 0.250. The smallest absolute Gasteiger partial charge is 0.229 e. The Bertz CT molecular complexity index is 758. The van der Waals surface area contributed by atoms with Crippen molar-refractivity contribution < 1.29 is 14.3 Å². The van der Waals surface area contributed by atoms with Crippen molar-refractivity contribution in [1.82, 2.24) is 4.98 Å². The van der Waals surface area contributed by atoms with E-state index < -0.39 is 0 Å². The highest BCUT2D eigenvalue weighted by molar-refractivity contribution is 6.35. The van der Waals surface area contributed by atoms with Crippen molar-refractivity contribution in [3.63, 3.8) is 0 Å². The lowest BCUT2D eigenvalue weighted by molar-refractivity contribution is -0.115. The number of carbonyl (C=O) groups is 1. The van der Waals surface area contributed by atoms with E-state index in [0.29, 0.717) is 38.5 Å². The van der Waals surface area contributed by atoms with Gasteiger partial charge in [-0.15, -0.1) is 0 Å². The van der Waals surface area contributed by atoms with Crippen molar-refractivity contribution in [1.29, 1.82) is 0 Å². The second-order valence-corrected chi connectivity index (χ2v) is 6.10. The highest BCUT2D eigenvalue weighted by Gasteiger charge is 2.16. The van der Waals surface area contributed by atoms with Crippen LogP contribution in [0.5, 0.6) is 11.5 Å². The molecule has 1 amide bonds. The molecular weight excluding hydrogens is 375 g/mol. The molecule has 0 aliphatic rings. The summed E-state index contributed by atoms with van der Waals surface area (Å²) in [4.78, 5) is 16.4. The highest BCUT2D eigenvalue weighted by atomic mass is 35.5. The summed E-state index contributed by atoms with van der Waals surface area (Å²) in [6.07, 6.45) is -0.0287. The molecule has 0 saturated heterocycles. The van der Waals surface area contributed by atoms with Gasteiger partial charge in [0.1, 0.15) is 16.7 Å². The Hall–Kier alpha value is -1.69. The van der Waals surface area contributed by atoms with Crippen LogP contribution in [0, 0.1) is 6.92 Å². The molecule has 0 spiro atoms. The van der Waals surface area contributed by atoms with Crippen LogP contribution in [0.15, 0.2) is 18.2 Å². The number of ether oxygens (including phenoxy) is 2. The number of halogens is 3. The molecule has 0 radical (unpaired) electrons. The van der Waals surface area contributed by atoms with E-state index in [-0.39, 0.29) is 17.5 Å². The van der Waals surface area contributed by atoms with Crippen LogP contribution in [0.2, 0.25) is 15.2 Å². The Balaban J connectivity index is 2.24. The molecule has 0 saturated carbocycles. The zero-order valence-electron chi connectivity index (χ0n) is 13.2. The lowest BCUT2D eigenvalue weighted by atomic mass is 10.1. The monoisotopic (exact) mass is 388 g/mol. The second kappa shape index (κ2) is 7.92. The molecule has 128 valence electrons. The Labute approximate surface area is 154 Å². The number of aromatic nitrogens is 1. The molecule has 1 heterocycles. The van der Waals surface area contributed by atoms with Crippen molar-refractivity contribution in [2.75, 3.05) is 19.5 Å². The molecule has 24 heavy (non-hydrogen) atoms. The van der Waals surface area contributed by atoms with Crippen LogP contribution in [-0.2, 0) is 11.2 Å². The van der Waals surface area contributed by atoms with Gasteiger partial charge in [0.05, 0.1) is 31.4 Å². The van der Waals surface area contributed by atoms with Gasteiger partial charge >= 0.3 is 0 Å². The zero-order valence-corrected chi connectivity index (χ0v) is 15.5. The SMILES string of the molecule is COc1cc(NC(=O)Cc2c(Cl)cc(C)nc2Cl)c(OC)cc1Cl.